The van der Waals surface area contributed by atoms with Crippen LogP contribution in [0.1, 0.15) is 120 Å². The van der Waals surface area contributed by atoms with E-state index in [1.807, 2.05) is 0 Å². The molecule has 0 bridgehead atoms. The Balaban J connectivity index is -0.000000134. The van der Waals surface area contributed by atoms with Gasteiger partial charge in [0.25, 0.3) is 0 Å². The summed E-state index contributed by atoms with van der Waals surface area (Å²) in [6.45, 7) is 14.6. The number of hydrogen-bond acceptors (Lipinski definition) is 12. The molecule has 0 aromatic rings. The summed E-state index contributed by atoms with van der Waals surface area (Å²) in [6.07, 6.45) is 14.2. The second kappa shape index (κ2) is 47.5. The summed E-state index contributed by atoms with van der Waals surface area (Å²) in [6, 6.07) is 0. The van der Waals surface area contributed by atoms with Gasteiger partial charge in [0.05, 0.1) is 23.9 Å². The molecule has 0 saturated heterocycles. The van der Waals surface area contributed by atoms with Crippen LogP contribution >= 0.6 is 0 Å². The van der Waals surface area contributed by atoms with Crippen LogP contribution in [0.5, 0.6) is 0 Å². The van der Waals surface area contributed by atoms with Crippen LogP contribution in [0.25, 0.3) is 0 Å². The summed E-state index contributed by atoms with van der Waals surface area (Å²) < 4.78 is 6.50. The number of carbonyl (C=O) groups is 8. The molecule has 4 N–H and O–H groups in total. The molecule has 0 aromatic heterocycles. The molecule has 56 heavy (non-hydrogen) atoms. The third kappa shape index (κ3) is 62.3. The summed E-state index contributed by atoms with van der Waals surface area (Å²) >= 11 is 0.299. The van der Waals surface area contributed by atoms with Crippen LogP contribution in [-0.2, 0) is 38.4 Å². The first-order chi connectivity index (χ1) is 26.1. The van der Waals surface area contributed by atoms with Crippen molar-refractivity contribution in [2.24, 2.45) is 0 Å². The van der Waals surface area contributed by atoms with Crippen LogP contribution < -0.4 is 20.4 Å². The number of hydrogen-bond donors (Lipinski definition) is 4. The Labute approximate surface area is 351 Å². The molecule has 0 unspecified atom stereocenters. The average molecular weight is 1010 g/mol. The van der Waals surface area contributed by atoms with Gasteiger partial charge in [-0.1, -0.05) is 13.8 Å². The first-order valence-corrected chi connectivity index (χ1v) is 26.1. The normalized spacial score (nSPS) is 10.4. The third-order valence-corrected chi connectivity index (χ3v) is 14.1. The number of unbranched alkanes of at least 4 members (excludes halogenated alkanes) is 4. The van der Waals surface area contributed by atoms with Crippen LogP contribution in [-0.4, -0.2) is 110 Å². The van der Waals surface area contributed by atoms with E-state index >= 15 is 0 Å². The zero-order valence-corrected chi connectivity index (χ0v) is 39.6. The Morgan fingerprint density at radius 1 is 0.446 bits per heavy atom. The number of carboxylic acid groups (broad SMARTS) is 8. The SMILES string of the molecule is CC(=CC(=O)O)C(=O)O.CC(=CC(=O)O)C(=O)O.CCC(=CC(=O)[O-])C(=O)[O-].CCC(=CC(=O)[O-])C(=O)[O-].CCC[CH2][Sn+2][CH2]CCC.CCC[CH2][Sn+2][CH2]CCC. The second-order valence-electron chi connectivity index (χ2n) is 11.1. The van der Waals surface area contributed by atoms with E-state index in [0.717, 1.165) is 0 Å². The van der Waals surface area contributed by atoms with Gasteiger partial charge < -0.3 is 60.0 Å². The monoisotopic (exact) mass is 1010 g/mol. The van der Waals surface area contributed by atoms with Gasteiger partial charge in [-0.05, 0) is 50.0 Å². The predicted octanol–water partition coefficient (Wildman–Crippen LogP) is 2.10. The van der Waals surface area contributed by atoms with Crippen LogP contribution in [0.2, 0.25) is 17.7 Å². The fraction of sp³-hybridized carbons (Fsp3) is 0.579. The molecular weight excluding hydrogens is 950 g/mol. The maximum atomic E-state index is 10.00. The maximum absolute atomic E-state index is 10.00. The van der Waals surface area contributed by atoms with Crippen molar-refractivity contribution < 1.29 is 79.2 Å². The number of carboxylic acids is 8. The molecule has 0 radical (unpaired) electrons. The fourth-order valence-electron chi connectivity index (χ4n) is 2.85. The van der Waals surface area contributed by atoms with E-state index < -0.39 is 47.8 Å². The summed E-state index contributed by atoms with van der Waals surface area (Å²) in [5.74, 6) is -10.9. The van der Waals surface area contributed by atoms with Crippen LogP contribution in [0, 0.1) is 0 Å². The summed E-state index contributed by atoms with van der Waals surface area (Å²) in [4.78, 5) is 78.9. The number of aliphatic carboxylic acids is 8. The minimum absolute atomic E-state index is 0.121. The van der Waals surface area contributed by atoms with E-state index in [-0.39, 0.29) is 77.4 Å². The molecule has 0 aliphatic heterocycles. The molecule has 0 amide bonds. The predicted molar refractivity (Wildman–Crippen MR) is 205 cm³/mol. The molecule has 0 spiro atoms. The Bertz CT molecular complexity index is 1160. The van der Waals surface area contributed by atoms with E-state index in [1.54, 1.807) is 17.7 Å². The van der Waals surface area contributed by atoms with E-state index in [9.17, 15) is 58.8 Å². The summed E-state index contributed by atoms with van der Waals surface area (Å²) in [7, 11) is 0. The standard InChI is InChI=1S/2C6H8O4.2C5H6O4.4C4H9.2Sn/c2*1-2-4(6(9)10)3-5(7)8;2*1-3(5(8)9)2-4(6)7;4*1-3-4-2;;/h2*3H,2H2,1H3,(H,7,8)(H,9,10);2*2H,1H3,(H,6,7)(H,8,9);4*1,3-4H2,2H3;;/q;;;;;;;;2*+2/p-4. The van der Waals surface area contributed by atoms with E-state index in [1.165, 1.54) is 79.1 Å². The van der Waals surface area contributed by atoms with Gasteiger partial charge in [-0.25, -0.2) is 19.2 Å². The molecule has 0 heterocycles. The summed E-state index contributed by atoms with van der Waals surface area (Å²) in [5.41, 5.74) is -0.884. The Hall–Kier alpha value is -3.68. The topological polar surface area (TPSA) is 310 Å². The number of carbonyl (C=O) groups excluding carboxylic acids is 4. The molecule has 18 heteroatoms. The quantitative estimate of drug-likeness (QED) is 0.0686. The van der Waals surface area contributed by atoms with Crippen molar-refractivity contribution in [1.29, 1.82) is 0 Å². The van der Waals surface area contributed by atoms with Gasteiger partial charge in [0, 0.05) is 23.3 Å². The first kappa shape index (κ1) is 64.2. The van der Waals surface area contributed by atoms with Crippen molar-refractivity contribution >= 4 is 90.0 Å². The zero-order chi connectivity index (χ0) is 45.1. The molecule has 316 valence electrons. The molecule has 0 fully saturated rings. The fourth-order valence-corrected chi connectivity index (χ4v) is 11.2. The molecule has 16 nitrogen and oxygen atoms in total. The molecule has 0 aliphatic rings. The van der Waals surface area contributed by atoms with Gasteiger partial charge in [0.1, 0.15) is 0 Å². The molecule has 0 atom stereocenters. The Morgan fingerprint density at radius 3 is 0.768 bits per heavy atom. The Kier molecular flexibility index (Phi) is 54.4. The summed E-state index contributed by atoms with van der Waals surface area (Å²) in [5, 5.41) is 71.8. The number of rotatable bonds is 22. The van der Waals surface area contributed by atoms with E-state index in [4.69, 9.17) is 20.4 Å². The van der Waals surface area contributed by atoms with E-state index in [2.05, 4.69) is 27.7 Å². The molecule has 0 aromatic carbocycles. The zero-order valence-electron chi connectivity index (χ0n) is 33.9. The Morgan fingerprint density at radius 2 is 0.679 bits per heavy atom. The van der Waals surface area contributed by atoms with Gasteiger partial charge in [0.2, 0.25) is 0 Å². The molecule has 0 aliphatic carbocycles. The van der Waals surface area contributed by atoms with Gasteiger partial charge >= 0.3 is 163 Å². The van der Waals surface area contributed by atoms with Gasteiger partial charge in [-0.15, -0.1) is 0 Å². The molecule has 0 rings (SSSR count). The van der Waals surface area contributed by atoms with Crippen molar-refractivity contribution in [1.82, 2.24) is 0 Å². The van der Waals surface area contributed by atoms with Crippen LogP contribution in [0.15, 0.2) is 46.6 Å². The second-order valence-corrected chi connectivity index (χ2v) is 19.7. The van der Waals surface area contributed by atoms with Crippen molar-refractivity contribution in [2.75, 3.05) is 0 Å². The van der Waals surface area contributed by atoms with Crippen molar-refractivity contribution in [3.63, 3.8) is 0 Å². The van der Waals surface area contributed by atoms with Crippen molar-refractivity contribution in [2.45, 2.75) is 137 Å². The third-order valence-electron chi connectivity index (χ3n) is 6.05. The first-order valence-electron chi connectivity index (χ1n) is 18.0. The average Bonchev–Trinajstić information content (AvgIpc) is 3.10. The molecule has 0 saturated carbocycles. The van der Waals surface area contributed by atoms with Crippen LogP contribution in [0.4, 0.5) is 0 Å². The van der Waals surface area contributed by atoms with Crippen molar-refractivity contribution in [3.05, 3.63) is 46.6 Å². The van der Waals surface area contributed by atoms with Gasteiger partial charge in [-0.2, -0.15) is 0 Å². The van der Waals surface area contributed by atoms with E-state index in [0.29, 0.717) is 24.3 Å². The van der Waals surface area contributed by atoms with Crippen LogP contribution in [0.3, 0.4) is 0 Å². The molecular formula is C38H60O16Sn2. The van der Waals surface area contributed by atoms with Gasteiger partial charge in [0.15, 0.2) is 0 Å². The van der Waals surface area contributed by atoms with Gasteiger partial charge in [-0.3, -0.25) is 0 Å². The van der Waals surface area contributed by atoms with Crippen molar-refractivity contribution in [3.8, 4) is 0 Å². The minimum atomic E-state index is -1.51.